The van der Waals surface area contributed by atoms with Crippen molar-refractivity contribution in [3.63, 3.8) is 0 Å². The molecule has 1 nitrogen and oxygen atoms in total. The minimum absolute atomic E-state index is 0.0173. The normalized spacial score (nSPS) is 14.2. The zero-order valence-electron chi connectivity index (χ0n) is 32.4. The Morgan fingerprint density at radius 1 is 0.472 bits per heavy atom. The highest BCUT2D eigenvalue weighted by molar-refractivity contribution is 6.04. The molecule has 0 spiro atoms. The molecule has 0 radical (unpaired) electrons. The fourth-order valence-corrected chi connectivity index (χ4v) is 8.57. The molecular formula is C52H53N. The quantitative estimate of drug-likeness (QED) is 0.168. The molecule has 53 heavy (non-hydrogen) atoms. The zero-order chi connectivity index (χ0) is 36.7. The third-order valence-electron chi connectivity index (χ3n) is 11.5. The van der Waals surface area contributed by atoms with Crippen LogP contribution < -0.4 is 4.90 Å². The molecule has 1 fully saturated rings. The number of hydrogen-bond donors (Lipinski definition) is 0. The maximum Gasteiger partial charge on any atom is 0.0540 e. The first-order valence-corrected chi connectivity index (χ1v) is 19.7. The third kappa shape index (κ3) is 6.91. The number of nitrogens with zero attached hydrogens (tertiary/aromatic N) is 1. The first kappa shape index (κ1) is 34.9. The van der Waals surface area contributed by atoms with Crippen molar-refractivity contribution < 1.29 is 0 Å². The molecule has 1 aliphatic carbocycles. The van der Waals surface area contributed by atoms with Gasteiger partial charge in [-0.3, -0.25) is 0 Å². The van der Waals surface area contributed by atoms with Crippen LogP contribution in [0, 0.1) is 0 Å². The van der Waals surface area contributed by atoms with Crippen LogP contribution in [0.3, 0.4) is 0 Å². The lowest BCUT2D eigenvalue weighted by Crippen LogP contribution is -2.19. The first-order chi connectivity index (χ1) is 25.6. The highest BCUT2D eigenvalue weighted by Gasteiger charge is 2.26. The monoisotopic (exact) mass is 691 g/mol. The van der Waals surface area contributed by atoms with E-state index >= 15 is 0 Å². The molecule has 7 aromatic carbocycles. The van der Waals surface area contributed by atoms with Crippen LogP contribution in [0.5, 0.6) is 0 Å². The van der Waals surface area contributed by atoms with Gasteiger partial charge in [-0.15, -0.1) is 0 Å². The van der Waals surface area contributed by atoms with Crippen molar-refractivity contribution >= 4 is 38.6 Å². The number of hydrogen-bond acceptors (Lipinski definition) is 1. The molecule has 0 saturated heterocycles. The van der Waals surface area contributed by atoms with E-state index in [0.29, 0.717) is 5.92 Å². The Hall–Kier alpha value is -5.14. The van der Waals surface area contributed by atoms with E-state index in [0.717, 1.165) is 5.69 Å². The largest absolute Gasteiger partial charge is 0.310 e. The Kier molecular flexibility index (Phi) is 9.23. The van der Waals surface area contributed by atoms with Gasteiger partial charge in [0.15, 0.2) is 0 Å². The van der Waals surface area contributed by atoms with E-state index in [1.54, 1.807) is 0 Å². The van der Waals surface area contributed by atoms with Crippen molar-refractivity contribution in [2.45, 2.75) is 90.4 Å². The van der Waals surface area contributed by atoms with Crippen molar-refractivity contribution in [3.8, 4) is 22.3 Å². The lowest BCUT2D eigenvalue weighted by atomic mass is 9.80. The SMILES string of the molecule is CC(C)(C)c1cc(N(c2cccc(-c3cccc4ccccc34)c2)c2ccccc2-c2cccc3cccc(C4CCCCC4)c23)cc(C(C)(C)C)c1. The molecule has 8 rings (SSSR count). The molecule has 0 aromatic heterocycles. The number of anilines is 3. The number of fused-ring (bicyclic) bond motifs is 2. The molecule has 0 bridgehead atoms. The van der Waals surface area contributed by atoms with Gasteiger partial charge in [0.25, 0.3) is 0 Å². The van der Waals surface area contributed by atoms with E-state index in [2.05, 4.69) is 192 Å². The molecule has 0 atom stereocenters. The summed E-state index contributed by atoms with van der Waals surface area (Å²) in [7, 11) is 0. The van der Waals surface area contributed by atoms with Crippen molar-refractivity contribution in [2.75, 3.05) is 4.90 Å². The smallest absolute Gasteiger partial charge is 0.0540 e. The van der Waals surface area contributed by atoms with E-state index in [1.807, 2.05) is 0 Å². The van der Waals surface area contributed by atoms with E-state index in [9.17, 15) is 0 Å². The van der Waals surface area contributed by atoms with E-state index in [1.165, 1.54) is 104 Å². The number of benzene rings is 7. The highest BCUT2D eigenvalue weighted by Crippen LogP contribution is 2.47. The second-order valence-electron chi connectivity index (χ2n) is 17.3. The van der Waals surface area contributed by atoms with Crippen LogP contribution in [0.15, 0.2) is 146 Å². The Morgan fingerprint density at radius 2 is 1.06 bits per heavy atom. The predicted octanol–water partition coefficient (Wildman–Crippen LogP) is 15.4. The summed E-state index contributed by atoms with van der Waals surface area (Å²) in [5.74, 6) is 0.604. The zero-order valence-corrected chi connectivity index (χ0v) is 32.4. The number of para-hydroxylation sites is 1. The minimum atomic E-state index is -0.0173. The van der Waals surface area contributed by atoms with Crippen LogP contribution in [0.4, 0.5) is 17.1 Å². The van der Waals surface area contributed by atoms with E-state index in [4.69, 9.17) is 0 Å². The lowest BCUT2D eigenvalue weighted by molar-refractivity contribution is 0.445. The Bertz CT molecular complexity index is 2370. The molecule has 7 aromatic rings. The van der Waals surface area contributed by atoms with Crippen molar-refractivity contribution in [1.29, 1.82) is 0 Å². The van der Waals surface area contributed by atoms with Crippen LogP contribution in [-0.4, -0.2) is 0 Å². The summed E-state index contributed by atoms with van der Waals surface area (Å²) in [5, 5.41) is 5.28. The Morgan fingerprint density at radius 3 is 1.79 bits per heavy atom. The minimum Gasteiger partial charge on any atom is -0.310 e. The Labute approximate surface area is 317 Å². The van der Waals surface area contributed by atoms with Gasteiger partial charge in [0.1, 0.15) is 0 Å². The van der Waals surface area contributed by atoms with Crippen LogP contribution in [0.1, 0.15) is 96.3 Å². The van der Waals surface area contributed by atoms with E-state index < -0.39 is 0 Å². The van der Waals surface area contributed by atoms with Gasteiger partial charge in [0.05, 0.1) is 5.69 Å². The second kappa shape index (κ2) is 14.0. The second-order valence-corrected chi connectivity index (χ2v) is 17.3. The molecule has 0 aliphatic heterocycles. The fourth-order valence-electron chi connectivity index (χ4n) is 8.57. The van der Waals surface area contributed by atoms with Gasteiger partial charge in [-0.05, 0) is 115 Å². The van der Waals surface area contributed by atoms with Crippen LogP contribution in [0.2, 0.25) is 0 Å². The molecule has 1 saturated carbocycles. The van der Waals surface area contributed by atoms with Crippen molar-refractivity contribution in [1.82, 2.24) is 0 Å². The van der Waals surface area contributed by atoms with E-state index in [-0.39, 0.29) is 10.8 Å². The molecule has 1 aliphatic rings. The topological polar surface area (TPSA) is 3.24 Å². The molecule has 1 heteroatoms. The van der Waals surface area contributed by atoms with Crippen molar-refractivity contribution in [2.24, 2.45) is 0 Å². The molecule has 266 valence electrons. The van der Waals surface area contributed by atoms with Crippen LogP contribution in [-0.2, 0) is 10.8 Å². The number of rotatable bonds is 6. The maximum atomic E-state index is 2.54. The van der Waals surface area contributed by atoms with Gasteiger partial charge in [-0.1, -0.05) is 176 Å². The first-order valence-electron chi connectivity index (χ1n) is 19.7. The summed E-state index contributed by atoms with van der Waals surface area (Å²) in [4.78, 5) is 2.54. The molecular weight excluding hydrogens is 639 g/mol. The van der Waals surface area contributed by atoms with Gasteiger partial charge in [0.2, 0.25) is 0 Å². The average molecular weight is 692 g/mol. The fraction of sp³-hybridized carbons (Fsp3) is 0.269. The van der Waals surface area contributed by atoms with Gasteiger partial charge < -0.3 is 4.90 Å². The maximum absolute atomic E-state index is 2.54. The molecule has 0 N–H and O–H groups in total. The molecule has 0 unspecified atom stereocenters. The van der Waals surface area contributed by atoms with Crippen LogP contribution >= 0.6 is 0 Å². The standard InChI is InChI=1S/C52H53N/c1-51(2,3)40-33-41(52(4,5)6)35-43(34-40)53(42-25-14-24-39(32-42)45-28-15-21-36-20-10-11-26-44(36)45)49-31-13-12-27-47(49)48-30-17-23-38-22-16-29-46(50(38)48)37-18-8-7-9-19-37/h10-17,20-35,37H,7-9,18-19H2,1-6H3. The summed E-state index contributed by atoms with van der Waals surface area (Å²) >= 11 is 0. The summed E-state index contributed by atoms with van der Waals surface area (Å²) in [6.07, 6.45) is 6.55. The summed E-state index contributed by atoms with van der Waals surface area (Å²) in [6.45, 7) is 14.0. The predicted molar refractivity (Wildman–Crippen MR) is 230 cm³/mol. The third-order valence-corrected chi connectivity index (χ3v) is 11.5. The van der Waals surface area contributed by atoms with Gasteiger partial charge >= 0.3 is 0 Å². The van der Waals surface area contributed by atoms with Gasteiger partial charge in [-0.2, -0.15) is 0 Å². The Balaban J connectivity index is 1.40. The average Bonchev–Trinajstić information content (AvgIpc) is 3.17. The lowest BCUT2D eigenvalue weighted by Gasteiger charge is -2.33. The van der Waals surface area contributed by atoms with Crippen LogP contribution in [0.25, 0.3) is 43.8 Å². The summed E-state index contributed by atoms with van der Waals surface area (Å²) in [5.41, 5.74) is 12.8. The molecule has 0 amide bonds. The van der Waals surface area contributed by atoms with Gasteiger partial charge in [-0.25, -0.2) is 0 Å². The van der Waals surface area contributed by atoms with Crippen molar-refractivity contribution in [3.05, 3.63) is 162 Å². The summed E-state index contributed by atoms with van der Waals surface area (Å²) in [6, 6.07) is 54.9. The molecule has 0 heterocycles. The summed E-state index contributed by atoms with van der Waals surface area (Å²) < 4.78 is 0. The highest BCUT2D eigenvalue weighted by atomic mass is 15.1. The van der Waals surface area contributed by atoms with Gasteiger partial charge in [0, 0.05) is 16.9 Å².